The van der Waals surface area contributed by atoms with Gasteiger partial charge in [-0.2, -0.15) is 0 Å². The van der Waals surface area contributed by atoms with Crippen molar-refractivity contribution in [2.45, 2.75) is 37.1 Å². The van der Waals surface area contributed by atoms with Gasteiger partial charge >= 0.3 is 17.6 Å². The second-order valence-corrected chi connectivity index (χ2v) is 5.96. The molecule has 23 heavy (non-hydrogen) atoms. The van der Waals surface area contributed by atoms with Crippen LogP contribution in [0.15, 0.2) is 21.9 Å². The zero-order valence-electron chi connectivity index (χ0n) is 12.4. The van der Waals surface area contributed by atoms with Crippen LogP contribution in [0.4, 0.5) is 0 Å². The van der Waals surface area contributed by atoms with Crippen LogP contribution in [0, 0.1) is 0 Å². The van der Waals surface area contributed by atoms with Crippen molar-refractivity contribution >= 4 is 27.9 Å². The summed E-state index contributed by atoms with van der Waals surface area (Å²) in [6.45, 7) is 2.41. The lowest BCUT2D eigenvalue weighted by molar-refractivity contribution is -0.153. The van der Waals surface area contributed by atoms with E-state index < -0.39 is 46.5 Å². The fourth-order valence-electron chi connectivity index (χ4n) is 2.20. The van der Waals surface area contributed by atoms with Crippen molar-refractivity contribution in [2.75, 3.05) is 6.61 Å². The van der Waals surface area contributed by atoms with Gasteiger partial charge in [0, 0.05) is 26.1 Å². The number of carbonyl (C=O) groups excluding carboxylic acids is 2. The van der Waals surface area contributed by atoms with E-state index in [-0.39, 0.29) is 6.61 Å². The second-order valence-electron chi connectivity index (χ2n) is 4.90. The highest BCUT2D eigenvalue weighted by Crippen LogP contribution is 2.35. The average Bonchev–Trinajstić information content (AvgIpc) is 2.73. The van der Waals surface area contributed by atoms with Crippen molar-refractivity contribution in [1.29, 1.82) is 0 Å². The van der Waals surface area contributed by atoms with Crippen molar-refractivity contribution in [3.8, 4) is 0 Å². The number of ether oxygens (including phenoxy) is 3. The van der Waals surface area contributed by atoms with E-state index in [1.54, 1.807) is 0 Å². The van der Waals surface area contributed by atoms with Gasteiger partial charge in [-0.3, -0.25) is 23.9 Å². The van der Waals surface area contributed by atoms with Gasteiger partial charge in [0.2, 0.25) is 0 Å². The third-order valence-corrected chi connectivity index (χ3v) is 4.25. The highest BCUT2D eigenvalue weighted by molar-refractivity contribution is 9.09. The largest absolute Gasteiger partial charge is 0.463 e. The van der Waals surface area contributed by atoms with Crippen LogP contribution in [0.3, 0.4) is 0 Å². The molecule has 0 saturated carbocycles. The van der Waals surface area contributed by atoms with E-state index in [9.17, 15) is 19.2 Å². The number of hydrogen-bond donors (Lipinski definition) is 1. The van der Waals surface area contributed by atoms with Crippen LogP contribution in [-0.4, -0.2) is 45.1 Å². The summed E-state index contributed by atoms with van der Waals surface area (Å²) < 4.78 is 16.9. The molecule has 1 aromatic heterocycles. The Morgan fingerprint density at radius 3 is 2.61 bits per heavy atom. The fourth-order valence-corrected chi connectivity index (χ4v) is 2.84. The molecule has 1 N–H and O–H groups in total. The molecule has 0 aliphatic carbocycles. The second kappa shape index (κ2) is 7.09. The Morgan fingerprint density at radius 1 is 1.35 bits per heavy atom. The number of carbonyl (C=O) groups is 2. The Hall–Kier alpha value is -1.94. The van der Waals surface area contributed by atoms with Gasteiger partial charge in [0.25, 0.3) is 5.56 Å². The quantitative estimate of drug-likeness (QED) is 0.553. The van der Waals surface area contributed by atoms with Crippen molar-refractivity contribution < 1.29 is 23.8 Å². The Morgan fingerprint density at radius 2 is 2.04 bits per heavy atom. The highest BCUT2D eigenvalue weighted by atomic mass is 79.9. The first-order valence-corrected chi connectivity index (χ1v) is 7.62. The van der Waals surface area contributed by atoms with Crippen LogP contribution in [-0.2, 0) is 23.8 Å². The lowest BCUT2D eigenvalue weighted by Gasteiger charge is -2.21. The number of esters is 2. The molecule has 0 radical (unpaired) electrons. The van der Waals surface area contributed by atoms with Gasteiger partial charge < -0.3 is 14.2 Å². The first kappa shape index (κ1) is 17.4. The number of H-pyrrole nitrogens is 1. The first-order valence-electron chi connectivity index (χ1n) is 6.71. The van der Waals surface area contributed by atoms with Crippen molar-refractivity contribution in [3.63, 3.8) is 0 Å². The van der Waals surface area contributed by atoms with Crippen LogP contribution in [0.25, 0.3) is 0 Å². The van der Waals surface area contributed by atoms with Gasteiger partial charge in [0.1, 0.15) is 12.7 Å². The molecule has 1 fully saturated rings. The van der Waals surface area contributed by atoms with E-state index in [2.05, 4.69) is 20.9 Å². The third-order valence-electron chi connectivity index (χ3n) is 3.14. The lowest BCUT2D eigenvalue weighted by atomic mass is 10.2. The molecule has 1 aliphatic heterocycles. The fraction of sp³-hybridized carbons (Fsp3) is 0.538. The summed E-state index contributed by atoms with van der Waals surface area (Å²) in [4.78, 5) is 46.9. The summed E-state index contributed by atoms with van der Waals surface area (Å²) in [6, 6.07) is 1.15. The van der Waals surface area contributed by atoms with E-state index in [0.29, 0.717) is 0 Å². The lowest BCUT2D eigenvalue weighted by Crippen LogP contribution is -2.38. The summed E-state index contributed by atoms with van der Waals surface area (Å²) in [5.41, 5.74) is -1.26. The van der Waals surface area contributed by atoms with Crippen molar-refractivity contribution in [2.24, 2.45) is 0 Å². The molecular weight excluding hydrogens is 376 g/mol. The van der Waals surface area contributed by atoms with Gasteiger partial charge in [-0.15, -0.1) is 0 Å². The van der Waals surface area contributed by atoms with Gasteiger partial charge in [-0.05, 0) is 0 Å². The Kier molecular flexibility index (Phi) is 5.37. The van der Waals surface area contributed by atoms with Crippen LogP contribution in [0.1, 0.15) is 20.1 Å². The summed E-state index contributed by atoms with van der Waals surface area (Å²) in [7, 11) is 0. The first-order chi connectivity index (χ1) is 10.8. The maximum atomic E-state index is 11.9. The number of alkyl halides is 1. The van der Waals surface area contributed by atoms with Gasteiger partial charge in [0.15, 0.2) is 12.3 Å². The molecule has 1 aliphatic rings. The topological polar surface area (TPSA) is 117 Å². The molecule has 9 nitrogen and oxygen atoms in total. The number of hydrogen-bond acceptors (Lipinski definition) is 7. The Bertz CT molecular complexity index is 713. The average molecular weight is 391 g/mol. The van der Waals surface area contributed by atoms with Crippen LogP contribution in [0.2, 0.25) is 0 Å². The number of aromatic amines is 1. The summed E-state index contributed by atoms with van der Waals surface area (Å²) in [6.07, 6.45) is -1.19. The van der Waals surface area contributed by atoms with Gasteiger partial charge in [0.05, 0.1) is 4.83 Å². The molecule has 0 bridgehead atoms. The van der Waals surface area contributed by atoms with E-state index >= 15 is 0 Å². The monoisotopic (exact) mass is 390 g/mol. The molecular formula is C13H15BrN2O7. The molecule has 0 amide bonds. The van der Waals surface area contributed by atoms with E-state index in [4.69, 9.17) is 14.2 Å². The zero-order chi connectivity index (χ0) is 17.1. The minimum atomic E-state index is -0.965. The van der Waals surface area contributed by atoms with E-state index in [1.165, 1.54) is 20.0 Å². The van der Waals surface area contributed by atoms with Gasteiger partial charge in [-0.1, -0.05) is 15.9 Å². The van der Waals surface area contributed by atoms with E-state index in [0.717, 1.165) is 10.6 Å². The molecule has 10 heteroatoms. The molecule has 2 heterocycles. The molecule has 1 aromatic rings. The number of aromatic nitrogens is 2. The third kappa shape index (κ3) is 4.08. The van der Waals surface area contributed by atoms with Crippen molar-refractivity contribution in [3.05, 3.63) is 33.1 Å². The Labute approximate surface area is 138 Å². The van der Waals surface area contributed by atoms with E-state index in [1.807, 2.05) is 0 Å². The predicted octanol–water partition coefficient (Wildman–Crippen LogP) is -0.308. The molecule has 0 spiro atoms. The number of nitrogens with zero attached hydrogens (tertiary/aromatic N) is 1. The van der Waals surface area contributed by atoms with Crippen LogP contribution in [0.5, 0.6) is 0 Å². The molecule has 4 atom stereocenters. The number of nitrogens with one attached hydrogen (secondary N) is 1. The maximum absolute atomic E-state index is 11.9. The maximum Gasteiger partial charge on any atom is 0.330 e. The summed E-state index contributed by atoms with van der Waals surface area (Å²) in [5.74, 6) is -1.04. The minimum absolute atomic E-state index is 0.0718. The zero-order valence-corrected chi connectivity index (χ0v) is 13.9. The highest BCUT2D eigenvalue weighted by Gasteiger charge is 2.47. The van der Waals surface area contributed by atoms with Crippen LogP contribution < -0.4 is 11.2 Å². The summed E-state index contributed by atoms with van der Waals surface area (Å²) in [5, 5.41) is 0. The molecule has 126 valence electrons. The molecule has 1 saturated heterocycles. The molecule has 0 aromatic carbocycles. The number of rotatable bonds is 4. The predicted molar refractivity (Wildman–Crippen MR) is 80.1 cm³/mol. The number of halogens is 1. The van der Waals surface area contributed by atoms with Gasteiger partial charge in [-0.25, -0.2) is 4.79 Å². The van der Waals surface area contributed by atoms with Crippen LogP contribution >= 0.6 is 15.9 Å². The molecule has 2 rings (SSSR count). The SMILES string of the molecule is CC(=O)OC[C@H]1O[C@H](n2ccc(=O)[nH]c2=O)[C@@H](OC(C)=O)[C@@H]1Br. The smallest absolute Gasteiger partial charge is 0.330 e. The standard InChI is InChI=1S/C13H15BrN2O7/c1-6(17)21-5-8-10(14)11(22-7(2)18)12(23-8)16-4-3-9(19)15-13(16)20/h3-4,8,10-12H,5H2,1-2H3,(H,15,19,20)/t8-,10-,11+,12+/m1/s1. The minimum Gasteiger partial charge on any atom is -0.463 e. The Balaban J connectivity index is 2.30. The molecule has 0 unspecified atom stereocenters. The summed E-state index contributed by atoms with van der Waals surface area (Å²) >= 11 is 3.35. The van der Waals surface area contributed by atoms with Crippen molar-refractivity contribution in [1.82, 2.24) is 9.55 Å². The normalized spacial score (nSPS) is 26.7.